The van der Waals surface area contributed by atoms with Gasteiger partial charge in [0, 0.05) is 20.0 Å². The van der Waals surface area contributed by atoms with Gasteiger partial charge in [-0.2, -0.15) is 5.10 Å². The van der Waals surface area contributed by atoms with Crippen LogP contribution in [0.1, 0.15) is 36.3 Å². The number of hydrogen-bond acceptors (Lipinski definition) is 5. The fourth-order valence-electron chi connectivity index (χ4n) is 3.56. The molecule has 0 spiro atoms. The molecule has 0 aliphatic carbocycles. The molecule has 0 bridgehead atoms. The van der Waals surface area contributed by atoms with E-state index >= 15 is 0 Å². The number of nitrogens with one attached hydrogen (secondary N) is 1. The van der Waals surface area contributed by atoms with E-state index in [-0.39, 0.29) is 24.9 Å². The number of amides is 2. The van der Waals surface area contributed by atoms with E-state index in [1.807, 2.05) is 44.2 Å². The van der Waals surface area contributed by atoms with Crippen molar-refractivity contribution in [2.75, 3.05) is 18.5 Å². The lowest BCUT2D eigenvalue weighted by Crippen LogP contribution is -2.30. The average molecular weight is 398 g/mol. The molecule has 3 rings (SSSR count). The maximum atomic E-state index is 12.4. The number of ether oxygens (including phenoxy) is 1. The average Bonchev–Trinajstić information content (AvgIpc) is 3.21. The van der Waals surface area contributed by atoms with E-state index in [4.69, 9.17) is 4.74 Å². The summed E-state index contributed by atoms with van der Waals surface area (Å²) in [7, 11) is 1.79. The Labute approximate surface area is 169 Å². The van der Waals surface area contributed by atoms with Gasteiger partial charge in [-0.15, -0.1) is 0 Å². The topological polar surface area (TPSA) is 93.5 Å². The Morgan fingerprint density at radius 2 is 1.97 bits per heavy atom. The van der Waals surface area contributed by atoms with E-state index in [0.29, 0.717) is 11.4 Å². The van der Waals surface area contributed by atoms with Gasteiger partial charge in [0.05, 0.1) is 29.0 Å². The molecule has 29 heavy (non-hydrogen) atoms. The van der Waals surface area contributed by atoms with Crippen LogP contribution in [0.2, 0.25) is 0 Å². The Balaban J connectivity index is 1.53. The van der Waals surface area contributed by atoms with Crippen LogP contribution in [0, 0.1) is 19.8 Å². The van der Waals surface area contributed by atoms with Crippen molar-refractivity contribution in [1.82, 2.24) is 14.7 Å². The first-order valence-corrected chi connectivity index (χ1v) is 9.59. The summed E-state index contributed by atoms with van der Waals surface area (Å²) in [4.78, 5) is 38.6. The zero-order chi connectivity index (χ0) is 21.1. The second kappa shape index (κ2) is 8.46. The molecule has 0 radical (unpaired) electrons. The summed E-state index contributed by atoms with van der Waals surface area (Å²) in [5, 5.41) is 6.96. The monoisotopic (exact) mass is 398 g/mol. The minimum atomic E-state index is -0.566. The lowest BCUT2D eigenvalue weighted by atomic mass is 10.1. The second-order valence-corrected chi connectivity index (χ2v) is 7.36. The molecule has 2 atom stereocenters. The van der Waals surface area contributed by atoms with Crippen molar-refractivity contribution < 1.29 is 19.1 Å². The number of esters is 1. The highest BCUT2D eigenvalue weighted by atomic mass is 16.5. The minimum absolute atomic E-state index is 0.0886. The number of anilines is 1. The van der Waals surface area contributed by atoms with Crippen LogP contribution in [-0.2, 0) is 26.2 Å². The number of hydrogen-bond donors (Lipinski definition) is 1. The molecule has 8 nitrogen and oxygen atoms in total. The van der Waals surface area contributed by atoms with Crippen molar-refractivity contribution >= 4 is 23.5 Å². The Morgan fingerprint density at radius 1 is 1.28 bits per heavy atom. The Hall–Kier alpha value is -3.16. The molecule has 1 saturated heterocycles. The third-order valence-corrected chi connectivity index (χ3v) is 5.36. The van der Waals surface area contributed by atoms with Crippen LogP contribution in [0.25, 0.3) is 0 Å². The van der Waals surface area contributed by atoms with Crippen LogP contribution in [0.5, 0.6) is 0 Å². The smallest absolute Gasteiger partial charge is 0.311 e. The highest BCUT2D eigenvalue weighted by Crippen LogP contribution is 2.29. The molecule has 154 valence electrons. The van der Waals surface area contributed by atoms with Gasteiger partial charge in [-0.3, -0.25) is 19.1 Å². The van der Waals surface area contributed by atoms with Gasteiger partial charge < -0.3 is 15.0 Å². The van der Waals surface area contributed by atoms with Crippen molar-refractivity contribution in [3.63, 3.8) is 0 Å². The van der Waals surface area contributed by atoms with E-state index in [2.05, 4.69) is 10.4 Å². The highest BCUT2D eigenvalue weighted by molar-refractivity contribution is 5.94. The van der Waals surface area contributed by atoms with Crippen molar-refractivity contribution in [3.8, 4) is 0 Å². The van der Waals surface area contributed by atoms with Gasteiger partial charge in [0.15, 0.2) is 6.61 Å². The molecule has 2 heterocycles. The van der Waals surface area contributed by atoms with Gasteiger partial charge in [0.25, 0.3) is 5.91 Å². The molecule has 2 aromatic rings. The van der Waals surface area contributed by atoms with Crippen LogP contribution in [0.4, 0.5) is 5.69 Å². The number of nitrogens with zero attached hydrogens (tertiary/aromatic N) is 3. The number of rotatable bonds is 6. The predicted octanol–water partition coefficient (Wildman–Crippen LogP) is 2.13. The van der Waals surface area contributed by atoms with E-state index in [9.17, 15) is 14.4 Å². The molecule has 1 aromatic carbocycles. The first-order chi connectivity index (χ1) is 13.8. The number of aromatic nitrogens is 2. The van der Waals surface area contributed by atoms with Crippen LogP contribution in [-0.4, -0.2) is 45.6 Å². The maximum absolute atomic E-state index is 12.4. The molecule has 2 amide bonds. The number of benzene rings is 1. The fourth-order valence-corrected chi connectivity index (χ4v) is 3.56. The summed E-state index contributed by atoms with van der Waals surface area (Å²) in [6, 6.07) is 9.54. The number of carbonyl (C=O) groups excluding carboxylic acids is 3. The lowest BCUT2D eigenvalue weighted by Gasteiger charge is -2.25. The predicted molar refractivity (Wildman–Crippen MR) is 107 cm³/mol. The summed E-state index contributed by atoms with van der Waals surface area (Å²) in [5.74, 6) is -1.62. The molecule has 0 unspecified atom stereocenters. The second-order valence-electron chi connectivity index (χ2n) is 7.36. The molecule has 1 fully saturated rings. The van der Waals surface area contributed by atoms with Gasteiger partial charge in [-0.25, -0.2) is 0 Å². The van der Waals surface area contributed by atoms with Gasteiger partial charge in [-0.1, -0.05) is 30.3 Å². The summed E-state index contributed by atoms with van der Waals surface area (Å²) in [6.45, 7) is 5.46. The fraction of sp³-hybridized carbons (Fsp3) is 0.429. The molecule has 0 saturated carbocycles. The Morgan fingerprint density at radius 3 is 2.59 bits per heavy atom. The molecule has 1 N–H and O–H groups in total. The standard InChI is InChI=1S/C21H26N4O4/c1-13-20(15(3)24(4)23-13)22-18(26)12-29-21(28)17-10-19(27)25(11-17)14(2)16-8-6-5-7-9-16/h5-9,14,17H,10-12H2,1-4H3,(H,22,26)/t14-,17+/m0/s1. The highest BCUT2D eigenvalue weighted by Gasteiger charge is 2.38. The Kier molecular flexibility index (Phi) is 6.00. The zero-order valence-corrected chi connectivity index (χ0v) is 17.1. The molecule has 1 aromatic heterocycles. The van der Waals surface area contributed by atoms with Crippen LogP contribution < -0.4 is 5.32 Å². The van der Waals surface area contributed by atoms with Gasteiger partial charge in [0.2, 0.25) is 5.91 Å². The minimum Gasteiger partial charge on any atom is -0.455 e. The third kappa shape index (κ3) is 4.47. The van der Waals surface area contributed by atoms with Crippen LogP contribution >= 0.6 is 0 Å². The van der Waals surface area contributed by atoms with E-state index < -0.39 is 24.4 Å². The van der Waals surface area contributed by atoms with E-state index in [1.165, 1.54) is 0 Å². The van der Waals surface area contributed by atoms with Gasteiger partial charge >= 0.3 is 5.97 Å². The first kappa shape index (κ1) is 20.6. The van der Waals surface area contributed by atoms with Crippen LogP contribution in [0.3, 0.4) is 0 Å². The Bertz CT molecular complexity index is 922. The van der Waals surface area contributed by atoms with Gasteiger partial charge in [0.1, 0.15) is 0 Å². The number of carbonyl (C=O) groups is 3. The SMILES string of the molecule is Cc1nn(C)c(C)c1NC(=O)COC(=O)[C@@H]1CC(=O)N([C@@H](C)c2ccccc2)C1. The molecule has 1 aliphatic heterocycles. The maximum Gasteiger partial charge on any atom is 0.311 e. The lowest BCUT2D eigenvalue weighted by molar-refractivity contribution is -0.151. The first-order valence-electron chi connectivity index (χ1n) is 9.59. The molecular weight excluding hydrogens is 372 g/mol. The molecule has 8 heteroatoms. The largest absolute Gasteiger partial charge is 0.455 e. The van der Waals surface area contributed by atoms with Crippen molar-refractivity contribution in [3.05, 3.63) is 47.3 Å². The number of aryl methyl sites for hydroxylation is 2. The molecular formula is C21H26N4O4. The summed E-state index contributed by atoms with van der Waals surface area (Å²) < 4.78 is 6.84. The van der Waals surface area contributed by atoms with Crippen molar-refractivity contribution in [2.45, 2.75) is 33.2 Å². The third-order valence-electron chi connectivity index (χ3n) is 5.36. The van der Waals surface area contributed by atoms with Crippen molar-refractivity contribution in [2.24, 2.45) is 13.0 Å². The quantitative estimate of drug-likeness (QED) is 0.753. The summed E-state index contributed by atoms with van der Waals surface area (Å²) in [5.41, 5.74) is 3.13. The normalized spacial score (nSPS) is 17.3. The van der Waals surface area contributed by atoms with E-state index in [1.54, 1.807) is 23.6 Å². The molecule has 1 aliphatic rings. The zero-order valence-electron chi connectivity index (χ0n) is 17.1. The summed E-state index contributed by atoms with van der Waals surface area (Å²) in [6.07, 6.45) is 0.0957. The van der Waals surface area contributed by atoms with Crippen molar-refractivity contribution in [1.29, 1.82) is 0 Å². The summed E-state index contributed by atoms with van der Waals surface area (Å²) >= 11 is 0. The van der Waals surface area contributed by atoms with E-state index in [0.717, 1.165) is 11.3 Å². The number of likely N-dealkylation sites (tertiary alicyclic amines) is 1. The van der Waals surface area contributed by atoms with Crippen LogP contribution in [0.15, 0.2) is 30.3 Å². The van der Waals surface area contributed by atoms with Gasteiger partial charge in [-0.05, 0) is 26.3 Å².